The minimum atomic E-state index is 0.736. The van der Waals surface area contributed by atoms with Gasteiger partial charge in [-0.05, 0) is 17.7 Å². The normalized spacial score (nSPS) is 10.3. The molecule has 1 aromatic rings. The van der Waals surface area contributed by atoms with Gasteiger partial charge in [-0.15, -0.1) is 6.58 Å². The molecule has 0 amide bonds. The summed E-state index contributed by atoms with van der Waals surface area (Å²) in [5.74, 6) is 3.57. The van der Waals surface area contributed by atoms with Crippen molar-refractivity contribution in [1.82, 2.24) is 5.32 Å². The van der Waals surface area contributed by atoms with E-state index in [1.807, 2.05) is 30.0 Å². The zero-order valence-electron chi connectivity index (χ0n) is 11.4. The molecule has 0 aromatic heterocycles. The highest BCUT2D eigenvalue weighted by Crippen LogP contribution is 2.33. The van der Waals surface area contributed by atoms with Crippen LogP contribution in [0.2, 0.25) is 0 Å². The molecule has 0 spiro atoms. The fraction of sp³-hybridized carbons (Fsp3) is 0.429. The summed E-state index contributed by atoms with van der Waals surface area (Å²) >= 11 is 5.42. The van der Waals surface area contributed by atoms with Crippen LogP contribution in [0.3, 0.4) is 0 Å². The molecule has 106 valence electrons. The number of benzene rings is 1. The number of methoxy groups -OCH3 is 2. The second-order valence-corrected chi connectivity index (χ2v) is 5.84. The Balaban J connectivity index is 2.51. The Hall–Kier alpha value is -0.650. The molecule has 0 aliphatic rings. The van der Waals surface area contributed by atoms with Crippen LogP contribution in [-0.4, -0.2) is 32.3 Å². The van der Waals surface area contributed by atoms with Crippen molar-refractivity contribution >= 4 is 27.7 Å². The van der Waals surface area contributed by atoms with Gasteiger partial charge in [0, 0.05) is 29.1 Å². The predicted molar refractivity (Wildman–Crippen MR) is 86.5 cm³/mol. The van der Waals surface area contributed by atoms with Gasteiger partial charge in [0.15, 0.2) is 11.5 Å². The van der Waals surface area contributed by atoms with Crippen molar-refractivity contribution < 1.29 is 9.47 Å². The van der Waals surface area contributed by atoms with Crippen LogP contribution >= 0.6 is 27.7 Å². The molecule has 0 heterocycles. The van der Waals surface area contributed by atoms with Gasteiger partial charge in [0.25, 0.3) is 0 Å². The summed E-state index contributed by atoms with van der Waals surface area (Å²) in [5, 5.41) is 3.41. The van der Waals surface area contributed by atoms with Crippen molar-refractivity contribution in [1.29, 1.82) is 0 Å². The molecule has 1 aromatic carbocycles. The first kappa shape index (κ1) is 16.4. The largest absolute Gasteiger partial charge is 0.493 e. The molecule has 0 radical (unpaired) electrons. The van der Waals surface area contributed by atoms with E-state index in [9.17, 15) is 0 Å². The summed E-state index contributed by atoms with van der Waals surface area (Å²) in [4.78, 5) is 0. The number of nitrogens with one attached hydrogen (secondary N) is 1. The SMILES string of the molecule is C=CCSCCNCc1cc(OC)c(OC)cc1Br. The maximum absolute atomic E-state index is 5.30. The van der Waals surface area contributed by atoms with Crippen molar-refractivity contribution in [3.8, 4) is 11.5 Å². The van der Waals surface area contributed by atoms with E-state index in [-0.39, 0.29) is 0 Å². The van der Waals surface area contributed by atoms with E-state index < -0.39 is 0 Å². The molecular weight excluding hydrogens is 326 g/mol. The maximum atomic E-state index is 5.30. The first-order valence-electron chi connectivity index (χ1n) is 6.02. The smallest absolute Gasteiger partial charge is 0.161 e. The topological polar surface area (TPSA) is 30.5 Å². The van der Waals surface area contributed by atoms with Crippen LogP contribution in [0.5, 0.6) is 11.5 Å². The van der Waals surface area contributed by atoms with Crippen LogP contribution in [0.1, 0.15) is 5.56 Å². The zero-order valence-corrected chi connectivity index (χ0v) is 13.8. The van der Waals surface area contributed by atoms with E-state index in [0.717, 1.165) is 46.1 Å². The Bertz CT molecular complexity index is 413. The van der Waals surface area contributed by atoms with Gasteiger partial charge in [-0.1, -0.05) is 22.0 Å². The van der Waals surface area contributed by atoms with E-state index in [2.05, 4.69) is 27.8 Å². The molecule has 0 bridgehead atoms. The molecule has 0 saturated heterocycles. The van der Waals surface area contributed by atoms with Gasteiger partial charge in [-0.3, -0.25) is 0 Å². The average molecular weight is 346 g/mol. The summed E-state index contributed by atoms with van der Waals surface area (Å²) in [5.41, 5.74) is 1.16. The molecule has 0 fully saturated rings. The molecule has 19 heavy (non-hydrogen) atoms. The van der Waals surface area contributed by atoms with Crippen LogP contribution in [0.4, 0.5) is 0 Å². The predicted octanol–water partition coefficient (Wildman–Crippen LogP) is 3.48. The third-order valence-corrected chi connectivity index (χ3v) is 4.23. The summed E-state index contributed by atoms with van der Waals surface area (Å²) in [6.07, 6.45) is 1.93. The number of halogens is 1. The average Bonchev–Trinajstić information content (AvgIpc) is 2.43. The molecular formula is C14H20BrNO2S. The van der Waals surface area contributed by atoms with Crippen molar-refractivity contribution in [2.75, 3.05) is 32.3 Å². The lowest BCUT2D eigenvalue weighted by Crippen LogP contribution is -2.17. The Kier molecular flexibility index (Phi) is 8.02. The van der Waals surface area contributed by atoms with Crippen LogP contribution in [-0.2, 0) is 6.54 Å². The molecule has 3 nitrogen and oxygen atoms in total. The molecule has 0 atom stereocenters. The molecule has 0 saturated carbocycles. The summed E-state index contributed by atoms with van der Waals surface area (Å²) in [6, 6.07) is 3.93. The fourth-order valence-corrected chi connectivity index (χ4v) is 2.65. The standard InChI is InChI=1S/C14H20BrNO2S/c1-4-6-19-7-5-16-10-11-8-13(17-2)14(18-3)9-12(11)15/h4,8-9,16H,1,5-7,10H2,2-3H3. The Morgan fingerprint density at radius 3 is 2.63 bits per heavy atom. The highest BCUT2D eigenvalue weighted by atomic mass is 79.9. The van der Waals surface area contributed by atoms with E-state index in [1.165, 1.54) is 0 Å². The Morgan fingerprint density at radius 1 is 1.32 bits per heavy atom. The second-order valence-electron chi connectivity index (χ2n) is 3.84. The number of ether oxygens (including phenoxy) is 2. The molecule has 1 rings (SSSR count). The molecule has 0 aliphatic heterocycles. The van der Waals surface area contributed by atoms with Crippen LogP contribution in [0.25, 0.3) is 0 Å². The van der Waals surface area contributed by atoms with Crippen LogP contribution in [0, 0.1) is 0 Å². The zero-order chi connectivity index (χ0) is 14.1. The summed E-state index contributed by atoms with van der Waals surface area (Å²) < 4.78 is 11.6. The monoisotopic (exact) mass is 345 g/mol. The molecule has 0 unspecified atom stereocenters. The van der Waals surface area contributed by atoms with E-state index in [0.29, 0.717) is 0 Å². The van der Waals surface area contributed by atoms with Gasteiger partial charge in [-0.25, -0.2) is 0 Å². The highest BCUT2D eigenvalue weighted by Gasteiger charge is 2.08. The van der Waals surface area contributed by atoms with E-state index >= 15 is 0 Å². The number of hydrogen-bond acceptors (Lipinski definition) is 4. The lowest BCUT2D eigenvalue weighted by atomic mass is 10.2. The fourth-order valence-electron chi connectivity index (χ4n) is 1.57. The van der Waals surface area contributed by atoms with Crippen molar-refractivity contribution in [2.45, 2.75) is 6.54 Å². The summed E-state index contributed by atoms with van der Waals surface area (Å²) in [7, 11) is 3.29. The lowest BCUT2D eigenvalue weighted by molar-refractivity contribution is 0.354. The quantitative estimate of drug-likeness (QED) is 0.548. The Morgan fingerprint density at radius 2 is 2.00 bits per heavy atom. The molecule has 0 aliphatic carbocycles. The molecule has 1 N–H and O–H groups in total. The lowest BCUT2D eigenvalue weighted by Gasteiger charge is -2.12. The van der Waals surface area contributed by atoms with Gasteiger partial charge in [-0.2, -0.15) is 11.8 Å². The minimum absolute atomic E-state index is 0.736. The van der Waals surface area contributed by atoms with Crippen LogP contribution in [0.15, 0.2) is 29.3 Å². The number of hydrogen-bond donors (Lipinski definition) is 1. The van der Waals surface area contributed by atoms with Crippen molar-refractivity contribution in [2.24, 2.45) is 0 Å². The van der Waals surface area contributed by atoms with Gasteiger partial charge in [0.2, 0.25) is 0 Å². The first-order valence-corrected chi connectivity index (χ1v) is 7.97. The number of rotatable bonds is 9. The van der Waals surface area contributed by atoms with Gasteiger partial charge >= 0.3 is 0 Å². The Labute approximate surface area is 127 Å². The van der Waals surface area contributed by atoms with E-state index in [4.69, 9.17) is 9.47 Å². The van der Waals surface area contributed by atoms with Crippen molar-refractivity contribution in [3.05, 3.63) is 34.8 Å². The highest BCUT2D eigenvalue weighted by molar-refractivity contribution is 9.10. The maximum Gasteiger partial charge on any atom is 0.161 e. The van der Waals surface area contributed by atoms with Gasteiger partial charge in [0.05, 0.1) is 14.2 Å². The molecule has 5 heteroatoms. The third-order valence-electron chi connectivity index (χ3n) is 2.53. The number of thioether (sulfide) groups is 1. The summed E-state index contributed by atoms with van der Waals surface area (Å²) in [6.45, 7) is 5.47. The third kappa shape index (κ3) is 5.47. The van der Waals surface area contributed by atoms with Crippen LogP contribution < -0.4 is 14.8 Å². The van der Waals surface area contributed by atoms with Gasteiger partial charge < -0.3 is 14.8 Å². The first-order chi connectivity index (χ1) is 9.22. The minimum Gasteiger partial charge on any atom is -0.493 e. The van der Waals surface area contributed by atoms with Crippen molar-refractivity contribution in [3.63, 3.8) is 0 Å². The second kappa shape index (κ2) is 9.28. The van der Waals surface area contributed by atoms with E-state index in [1.54, 1.807) is 14.2 Å². The van der Waals surface area contributed by atoms with Gasteiger partial charge in [0.1, 0.15) is 0 Å².